The normalized spacial score (nSPS) is 12.3. The van der Waals surface area contributed by atoms with Crippen LogP contribution in [0, 0.1) is 5.92 Å². The second-order valence-corrected chi connectivity index (χ2v) is 3.76. The lowest BCUT2D eigenvalue weighted by Crippen LogP contribution is -2.38. The van der Waals surface area contributed by atoms with Crippen molar-refractivity contribution in [3.63, 3.8) is 0 Å². The number of nitrogens with two attached hydrogens (primary N) is 2. The third kappa shape index (κ3) is 6.27. The zero-order valence-electron chi connectivity index (χ0n) is 8.98. The Morgan fingerprint density at radius 3 is 2.00 bits per heavy atom. The van der Waals surface area contributed by atoms with E-state index < -0.39 is 23.5 Å². The molecule has 0 aliphatic carbocycles. The Kier molecular flexibility index (Phi) is 7.29. The summed E-state index contributed by atoms with van der Waals surface area (Å²) in [4.78, 5) is 26.2. The zero-order valence-corrected chi connectivity index (χ0v) is 9.80. The topological polar surface area (TPSA) is 105 Å². The smallest absolute Gasteiger partial charge is 0.340 e. The Bertz CT molecular complexity index is 227. The number of carbonyl (C=O) groups excluding carboxylic acids is 2. The van der Waals surface area contributed by atoms with Crippen LogP contribution < -0.4 is 11.6 Å². The maximum absolute atomic E-state index is 11.3. The lowest BCUT2D eigenvalue weighted by atomic mass is 10.1. The average Bonchev–Trinajstić information content (AvgIpc) is 2.01. The minimum atomic E-state index is -1.15. The molecular formula is C8H17ClN2O4. The van der Waals surface area contributed by atoms with E-state index in [0.29, 0.717) is 0 Å². The number of hydrogen-bond acceptors (Lipinski definition) is 6. The molecule has 0 aromatic carbocycles. The van der Waals surface area contributed by atoms with Crippen molar-refractivity contribution in [2.75, 3.05) is 6.54 Å². The second-order valence-electron chi connectivity index (χ2n) is 3.76. The summed E-state index contributed by atoms with van der Waals surface area (Å²) in [7, 11) is 0. The molecule has 0 saturated heterocycles. The van der Waals surface area contributed by atoms with Gasteiger partial charge < -0.3 is 15.3 Å². The van der Waals surface area contributed by atoms with Crippen molar-refractivity contribution in [3.05, 3.63) is 0 Å². The quantitative estimate of drug-likeness (QED) is 0.400. The number of esters is 1. The van der Waals surface area contributed by atoms with Crippen molar-refractivity contribution in [1.82, 2.24) is 0 Å². The van der Waals surface area contributed by atoms with Gasteiger partial charge in [0.15, 0.2) is 5.92 Å². The highest BCUT2D eigenvalue weighted by Gasteiger charge is 2.31. The summed E-state index contributed by atoms with van der Waals surface area (Å²) >= 11 is 0. The monoisotopic (exact) mass is 240 g/mol. The number of ether oxygens (including phenoxy) is 1. The van der Waals surface area contributed by atoms with Crippen LogP contribution in [0.25, 0.3) is 0 Å². The van der Waals surface area contributed by atoms with Crippen LogP contribution in [0.1, 0.15) is 20.8 Å². The first-order valence-electron chi connectivity index (χ1n) is 4.15. The molecule has 0 radical (unpaired) electrons. The van der Waals surface area contributed by atoms with E-state index in [4.69, 9.17) is 10.5 Å². The van der Waals surface area contributed by atoms with Crippen molar-refractivity contribution in [3.8, 4) is 0 Å². The first-order chi connectivity index (χ1) is 6.31. The number of rotatable bonds is 3. The minimum Gasteiger partial charge on any atom is -0.459 e. The molecule has 1 atom stereocenters. The highest BCUT2D eigenvalue weighted by molar-refractivity contribution is 5.95. The molecule has 0 rings (SSSR count). The molecule has 7 heteroatoms. The Balaban J connectivity index is 0. The Hall–Kier alpha value is -0.850. The van der Waals surface area contributed by atoms with Crippen LogP contribution in [0.2, 0.25) is 0 Å². The van der Waals surface area contributed by atoms with E-state index >= 15 is 0 Å². The zero-order chi connectivity index (χ0) is 11.4. The molecule has 0 unspecified atom stereocenters. The van der Waals surface area contributed by atoms with Crippen LogP contribution in [-0.2, 0) is 19.2 Å². The number of hydrogen-bond donors (Lipinski definition) is 2. The first-order valence-corrected chi connectivity index (χ1v) is 4.15. The lowest BCUT2D eigenvalue weighted by molar-refractivity contribution is -0.168. The third-order valence-corrected chi connectivity index (χ3v) is 1.33. The molecule has 0 aromatic heterocycles. The summed E-state index contributed by atoms with van der Waals surface area (Å²) in [5, 5.41) is 0. The SMILES string of the molecule is CC(C)(C)OC(=O)[C@H](CN)C(=O)ON.Cl. The Labute approximate surface area is 94.6 Å². The van der Waals surface area contributed by atoms with Gasteiger partial charge in [-0.15, -0.1) is 12.4 Å². The van der Waals surface area contributed by atoms with Crippen LogP contribution >= 0.6 is 12.4 Å². The molecule has 4 N–H and O–H groups in total. The van der Waals surface area contributed by atoms with E-state index in [9.17, 15) is 9.59 Å². The van der Waals surface area contributed by atoms with Gasteiger partial charge in [-0.1, -0.05) is 0 Å². The molecule has 0 amide bonds. The molecule has 0 aliphatic heterocycles. The fourth-order valence-corrected chi connectivity index (χ4v) is 0.744. The third-order valence-electron chi connectivity index (χ3n) is 1.33. The number of halogens is 1. The predicted octanol–water partition coefficient (Wildman–Crippen LogP) is -0.258. The maximum Gasteiger partial charge on any atom is 0.340 e. The molecule has 15 heavy (non-hydrogen) atoms. The molecule has 0 heterocycles. The van der Waals surface area contributed by atoms with Crippen molar-refractivity contribution in [2.24, 2.45) is 17.5 Å². The van der Waals surface area contributed by atoms with E-state index in [1.165, 1.54) is 0 Å². The largest absolute Gasteiger partial charge is 0.459 e. The van der Waals surface area contributed by atoms with E-state index in [-0.39, 0.29) is 19.0 Å². The van der Waals surface area contributed by atoms with Crippen molar-refractivity contribution < 1.29 is 19.2 Å². The Morgan fingerprint density at radius 1 is 1.27 bits per heavy atom. The van der Waals surface area contributed by atoms with Gasteiger partial charge >= 0.3 is 11.9 Å². The summed E-state index contributed by atoms with van der Waals surface area (Å²) in [6.07, 6.45) is 0. The molecule has 0 aromatic rings. The molecule has 6 nitrogen and oxygen atoms in total. The highest BCUT2D eigenvalue weighted by Crippen LogP contribution is 2.11. The predicted molar refractivity (Wildman–Crippen MR) is 55.9 cm³/mol. The summed E-state index contributed by atoms with van der Waals surface area (Å²) in [5.41, 5.74) is 4.54. The van der Waals surface area contributed by atoms with Crippen LogP contribution in [0.15, 0.2) is 0 Å². The first kappa shape index (κ1) is 16.6. The van der Waals surface area contributed by atoms with E-state index in [1.807, 2.05) is 0 Å². The van der Waals surface area contributed by atoms with Gasteiger partial charge in [0.25, 0.3) is 0 Å². The average molecular weight is 241 g/mol. The Morgan fingerprint density at radius 2 is 1.73 bits per heavy atom. The van der Waals surface area contributed by atoms with Crippen LogP contribution in [0.3, 0.4) is 0 Å². The summed E-state index contributed by atoms with van der Waals surface area (Å²) in [6.45, 7) is 4.87. The van der Waals surface area contributed by atoms with Gasteiger partial charge in [-0.3, -0.25) is 4.79 Å². The molecular weight excluding hydrogens is 224 g/mol. The van der Waals surface area contributed by atoms with Gasteiger partial charge in [0.2, 0.25) is 0 Å². The molecule has 90 valence electrons. The minimum absolute atomic E-state index is 0. The van der Waals surface area contributed by atoms with Gasteiger partial charge in [0.05, 0.1) is 0 Å². The molecule has 0 saturated carbocycles. The fraction of sp³-hybridized carbons (Fsp3) is 0.750. The van der Waals surface area contributed by atoms with Gasteiger partial charge in [0, 0.05) is 6.54 Å². The van der Waals surface area contributed by atoms with Crippen LogP contribution in [0.5, 0.6) is 0 Å². The summed E-state index contributed by atoms with van der Waals surface area (Å²) in [6, 6.07) is 0. The molecule has 0 aliphatic rings. The van der Waals surface area contributed by atoms with E-state index in [1.54, 1.807) is 20.8 Å². The van der Waals surface area contributed by atoms with Gasteiger partial charge in [-0.2, -0.15) is 5.90 Å². The standard InChI is InChI=1S/C8H16N2O4.ClH/c1-8(2,3)13-6(11)5(4-9)7(12)14-10;/h5H,4,9-10H2,1-3H3;1H/t5-;/m0./s1. The molecule has 0 fully saturated rings. The fourth-order valence-electron chi connectivity index (χ4n) is 0.744. The van der Waals surface area contributed by atoms with Crippen molar-refractivity contribution >= 4 is 24.3 Å². The second kappa shape index (κ2) is 6.60. The highest BCUT2D eigenvalue weighted by atomic mass is 35.5. The molecule has 0 spiro atoms. The van der Waals surface area contributed by atoms with Crippen molar-refractivity contribution in [1.29, 1.82) is 0 Å². The van der Waals surface area contributed by atoms with Crippen LogP contribution in [-0.4, -0.2) is 24.1 Å². The van der Waals surface area contributed by atoms with Gasteiger partial charge in [0.1, 0.15) is 5.60 Å². The number of carbonyl (C=O) groups is 2. The summed E-state index contributed by atoms with van der Waals surface area (Å²) in [5.74, 6) is 1.87. The van der Waals surface area contributed by atoms with E-state index in [0.717, 1.165) is 0 Å². The van der Waals surface area contributed by atoms with E-state index in [2.05, 4.69) is 10.7 Å². The van der Waals surface area contributed by atoms with Gasteiger partial charge in [-0.25, -0.2) is 4.79 Å². The molecule has 0 bridgehead atoms. The van der Waals surface area contributed by atoms with Crippen LogP contribution in [0.4, 0.5) is 0 Å². The lowest BCUT2D eigenvalue weighted by Gasteiger charge is -2.21. The van der Waals surface area contributed by atoms with Gasteiger partial charge in [-0.05, 0) is 20.8 Å². The summed E-state index contributed by atoms with van der Waals surface area (Å²) < 4.78 is 4.94. The maximum atomic E-state index is 11.3. The van der Waals surface area contributed by atoms with Crippen molar-refractivity contribution in [2.45, 2.75) is 26.4 Å².